The number of hydrogen-bond acceptors (Lipinski definition) is 14. The first-order valence-electron chi connectivity index (χ1n) is 46.4. The molecule has 0 aromatic carbocycles. The van der Waals surface area contributed by atoms with Crippen LogP contribution in [-0.2, 0) is 55.8 Å². The van der Waals surface area contributed by atoms with Crippen molar-refractivity contribution in [3.8, 4) is 0 Å². The van der Waals surface area contributed by atoms with Gasteiger partial charge in [-0.2, -0.15) is 0 Å². The van der Waals surface area contributed by atoms with E-state index < -0.39 is 91.5 Å². The Kier molecular flexibility index (Phi) is 86.2. The SMILES string of the molecule is CC/C=C\C/C=C\C/C=C\C/C=C\C/C=C\C/C=C\CCCCCCCCCCCCCCCCCCC(=O)OCC(O)COP(=O)(O)OCC(O)COP(=O)(O)OCC(COC(=O)CCCCCCCCCCCCC/C=C\C/C=C\C/C=C\C/C=C\CCCCC)OC(=O)CCCCCCCC/C=C\C/C=C\C/C=C\C/C=C\CC. The first-order valence-corrected chi connectivity index (χ1v) is 49.4. The van der Waals surface area contributed by atoms with Crippen molar-refractivity contribution in [1.82, 2.24) is 0 Å². The summed E-state index contributed by atoms with van der Waals surface area (Å²) in [5.74, 6) is -1.59. The molecule has 0 spiro atoms. The molecule has 0 amide bonds. The third kappa shape index (κ3) is 91.5. The van der Waals surface area contributed by atoms with Gasteiger partial charge in [-0.3, -0.25) is 32.5 Å². The highest BCUT2D eigenvalue weighted by atomic mass is 31.2. The fourth-order valence-electron chi connectivity index (χ4n) is 12.4. The highest BCUT2D eigenvalue weighted by Gasteiger charge is 2.29. The van der Waals surface area contributed by atoms with Gasteiger partial charge < -0.3 is 34.2 Å². The summed E-state index contributed by atoms with van der Waals surface area (Å²) in [6.07, 6.45) is 117. The molecule has 0 rings (SSSR count). The van der Waals surface area contributed by atoms with Crippen LogP contribution >= 0.6 is 15.6 Å². The Morgan fingerprint density at radius 1 is 0.248 bits per heavy atom. The van der Waals surface area contributed by atoms with Crippen LogP contribution in [0.4, 0.5) is 0 Å². The van der Waals surface area contributed by atoms with E-state index >= 15 is 0 Å². The molecule has 16 nitrogen and oxygen atoms in total. The Balaban J connectivity index is 4.52. The number of phosphoric ester groups is 2. The summed E-state index contributed by atoms with van der Waals surface area (Å²) in [7, 11) is -9.82. The van der Waals surface area contributed by atoms with E-state index in [9.17, 15) is 43.5 Å². The molecule has 117 heavy (non-hydrogen) atoms. The van der Waals surface area contributed by atoms with E-state index in [1.165, 1.54) is 148 Å². The van der Waals surface area contributed by atoms with Crippen LogP contribution in [0.2, 0.25) is 0 Å². The van der Waals surface area contributed by atoms with Crippen LogP contribution in [0.3, 0.4) is 0 Å². The molecule has 5 unspecified atom stereocenters. The average Bonchev–Trinajstić information content (AvgIpc) is 0.904. The second-order valence-corrected chi connectivity index (χ2v) is 33.6. The van der Waals surface area contributed by atoms with Gasteiger partial charge in [0, 0.05) is 19.3 Å². The van der Waals surface area contributed by atoms with E-state index in [2.05, 4.69) is 191 Å². The van der Waals surface area contributed by atoms with Gasteiger partial charge in [0.1, 0.15) is 25.4 Å². The smallest absolute Gasteiger partial charge is 0.463 e. The Morgan fingerprint density at radius 2 is 0.453 bits per heavy atom. The third-order valence-corrected chi connectivity index (χ3v) is 21.3. The summed E-state index contributed by atoms with van der Waals surface area (Å²) in [6.45, 7) is 2.45. The number of aliphatic hydroxyl groups is 2. The molecule has 18 heteroatoms. The van der Waals surface area contributed by atoms with E-state index in [4.69, 9.17) is 32.3 Å². The van der Waals surface area contributed by atoms with Gasteiger partial charge in [0.05, 0.1) is 26.4 Å². The lowest BCUT2D eigenvalue weighted by Crippen LogP contribution is -2.30. The zero-order valence-corrected chi connectivity index (χ0v) is 75.6. The summed E-state index contributed by atoms with van der Waals surface area (Å²) in [5.41, 5.74) is 0. The summed E-state index contributed by atoms with van der Waals surface area (Å²) in [4.78, 5) is 59.0. The van der Waals surface area contributed by atoms with Crippen LogP contribution < -0.4 is 0 Å². The molecule has 0 radical (unpaired) electrons. The van der Waals surface area contributed by atoms with E-state index in [1.54, 1.807) is 0 Å². The van der Waals surface area contributed by atoms with Crippen LogP contribution in [0.15, 0.2) is 170 Å². The standard InChI is InChI=1S/C99H168O16P2/c1-4-7-10-13-16-19-22-25-28-31-34-36-38-40-42-43-44-45-46-47-48-49-51-53-54-56-59-61-64-67-70-73-76-79-82-85-97(102)109-88-94(100)89-111-116(105,106)112-90-95(101)91-113-117(107,108)114-93-96(115-99(104)87-84-81-78-75-72-69-66-63-58-33-30-27-24-21-18-15-12-9-6-3)92-110-98(103)86-83-80-77-74-71-68-65-62-60-57-55-52-50-41-39-37-35-32-29-26-23-20-17-14-11-8-5-2/h7,9-10,12,16-21,25-30,34-37,40-42,44-45,50,58,63,94-96,100-101H,4-6,8,11,13-15,22-24,31-33,38-39,43,46-49,51-57,59-62,64-93H2,1-3H3,(H,105,106)(H,107,108)/b10-7-,12-9-,19-16-,20-17-,21-18-,28-25-,29-26-,30-27-,36-34-,37-35-,42-40-,45-44-,50-41-,63-58-. The molecule has 0 aliphatic carbocycles. The van der Waals surface area contributed by atoms with Crippen LogP contribution in [0, 0.1) is 0 Å². The van der Waals surface area contributed by atoms with Crippen molar-refractivity contribution in [3.05, 3.63) is 170 Å². The van der Waals surface area contributed by atoms with Gasteiger partial charge in [0.25, 0.3) is 0 Å². The number of unbranched alkanes of at least 4 members (excludes halogenated alkanes) is 36. The van der Waals surface area contributed by atoms with E-state index in [0.717, 1.165) is 173 Å². The Morgan fingerprint density at radius 3 is 0.718 bits per heavy atom. The number of allylic oxidation sites excluding steroid dienone is 28. The molecular formula is C99H168O16P2. The first kappa shape index (κ1) is 112. The van der Waals surface area contributed by atoms with Gasteiger partial charge >= 0.3 is 33.6 Å². The topological polar surface area (TPSA) is 231 Å². The largest absolute Gasteiger partial charge is 0.472 e. The summed E-state index contributed by atoms with van der Waals surface area (Å²) in [5, 5.41) is 20.7. The summed E-state index contributed by atoms with van der Waals surface area (Å²) >= 11 is 0. The van der Waals surface area contributed by atoms with Crippen molar-refractivity contribution in [2.75, 3.05) is 39.6 Å². The molecule has 0 aliphatic heterocycles. The molecule has 4 N–H and O–H groups in total. The van der Waals surface area contributed by atoms with Crippen molar-refractivity contribution in [3.63, 3.8) is 0 Å². The molecule has 0 bridgehead atoms. The van der Waals surface area contributed by atoms with Crippen molar-refractivity contribution in [2.45, 2.75) is 399 Å². The molecule has 0 aromatic rings. The Labute approximate surface area is 713 Å². The molecule has 0 aromatic heterocycles. The summed E-state index contributed by atoms with van der Waals surface area (Å²) in [6, 6.07) is 0. The van der Waals surface area contributed by atoms with Gasteiger partial charge in [-0.1, -0.05) is 377 Å². The monoisotopic (exact) mass is 1680 g/mol. The van der Waals surface area contributed by atoms with Crippen LogP contribution in [0.1, 0.15) is 380 Å². The lowest BCUT2D eigenvalue weighted by molar-refractivity contribution is -0.161. The van der Waals surface area contributed by atoms with Crippen molar-refractivity contribution >= 4 is 33.6 Å². The predicted octanol–water partition coefficient (Wildman–Crippen LogP) is 28.7. The Bertz CT molecular complexity index is 2810. The highest BCUT2D eigenvalue weighted by molar-refractivity contribution is 7.47. The van der Waals surface area contributed by atoms with Gasteiger partial charge in [-0.25, -0.2) is 9.13 Å². The number of phosphoric acid groups is 2. The zero-order chi connectivity index (χ0) is 85.1. The number of esters is 3. The predicted molar refractivity (Wildman–Crippen MR) is 491 cm³/mol. The van der Waals surface area contributed by atoms with Crippen molar-refractivity contribution in [2.24, 2.45) is 0 Å². The molecule has 0 fully saturated rings. The number of aliphatic hydroxyl groups excluding tert-OH is 2. The summed E-state index contributed by atoms with van der Waals surface area (Å²) < 4.78 is 61.5. The normalized spacial score (nSPS) is 14.6. The van der Waals surface area contributed by atoms with Crippen molar-refractivity contribution in [1.29, 1.82) is 0 Å². The lowest BCUT2D eigenvalue weighted by atomic mass is 10.0. The number of hydrogen-bond donors (Lipinski definition) is 4. The minimum Gasteiger partial charge on any atom is -0.463 e. The Hall–Kier alpha value is -5.09. The molecule has 0 aliphatic rings. The molecule has 670 valence electrons. The van der Waals surface area contributed by atoms with Gasteiger partial charge in [-0.15, -0.1) is 0 Å². The third-order valence-electron chi connectivity index (χ3n) is 19.4. The number of ether oxygens (including phenoxy) is 3. The molecule has 0 saturated heterocycles. The van der Waals surface area contributed by atoms with Crippen LogP contribution in [0.25, 0.3) is 0 Å². The number of carbonyl (C=O) groups is 3. The minimum atomic E-state index is -4.95. The van der Waals surface area contributed by atoms with Gasteiger partial charge in [0.15, 0.2) is 6.10 Å². The second-order valence-electron chi connectivity index (χ2n) is 30.7. The fraction of sp³-hybridized carbons (Fsp3) is 0.687. The zero-order valence-electron chi connectivity index (χ0n) is 73.8. The molecular weight excluding hydrogens is 1510 g/mol. The lowest BCUT2D eigenvalue weighted by Gasteiger charge is -2.21. The first-order chi connectivity index (χ1) is 57.2. The molecule has 0 saturated carbocycles. The molecule has 5 atom stereocenters. The van der Waals surface area contributed by atoms with E-state index in [0.29, 0.717) is 19.3 Å². The minimum absolute atomic E-state index is 0.0842. The van der Waals surface area contributed by atoms with E-state index in [1.807, 2.05) is 0 Å². The number of rotatable bonds is 87. The molecule has 0 heterocycles. The average molecular weight is 1680 g/mol. The second kappa shape index (κ2) is 90.2. The quantitative estimate of drug-likeness (QED) is 0.0146. The number of carbonyl (C=O) groups excluding carboxylic acids is 3. The van der Waals surface area contributed by atoms with Crippen molar-refractivity contribution < 1.29 is 75.8 Å². The maximum atomic E-state index is 13.0. The van der Waals surface area contributed by atoms with Gasteiger partial charge in [0.2, 0.25) is 0 Å². The van der Waals surface area contributed by atoms with Crippen LogP contribution in [0.5, 0.6) is 0 Å². The maximum absolute atomic E-state index is 13.0. The maximum Gasteiger partial charge on any atom is 0.472 e. The van der Waals surface area contributed by atoms with Crippen LogP contribution in [-0.4, -0.2) is 95.9 Å². The van der Waals surface area contributed by atoms with Gasteiger partial charge in [-0.05, 0) is 154 Å². The van der Waals surface area contributed by atoms with E-state index in [-0.39, 0.29) is 19.3 Å². The fourth-order valence-corrected chi connectivity index (χ4v) is 14.0. The highest BCUT2D eigenvalue weighted by Crippen LogP contribution is 2.45.